The molecule has 18 heavy (non-hydrogen) atoms. The lowest BCUT2D eigenvalue weighted by molar-refractivity contribution is 0.296. The number of benzene rings is 1. The Morgan fingerprint density at radius 1 is 1.33 bits per heavy atom. The highest BCUT2D eigenvalue weighted by Crippen LogP contribution is 2.00. The first kappa shape index (κ1) is 14.9. The lowest BCUT2D eigenvalue weighted by atomic mass is 10.2. The Bertz CT molecular complexity index is 362. The van der Waals surface area contributed by atoms with Gasteiger partial charge in [-0.15, -0.1) is 6.58 Å². The lowest BCUT2D eigenvalue weighted by Crippen LogP contribution is -2.33. The SMILES string of the molecule is C=CC(CO[SiH](C)C)NCC=Cc1ccccc1. The molecule has 1 unspecified atom stereocenters. The molecule has 1 N–H and O–H groups in total. The van der Waals surface area contributed by atoms with Gasteiger partial charge < -0.3 is 9.74 Å². The zero-order valence-electron chi connectivity index (χ0n) is 11.3. The van der Waals surface area contributed by atoms with E-state index in [1.165, 1.54) is 5.56 Å². The smallest absolute Gasteiger partial charge is 0.170 e. The molecule has 0 bridgehead atoms. The minimum atomic E-state index is -0.937. The van der Waals surface area contributed by atoms with Gasteiger partial charge in [0.25, 0.3) is 0 Å². The van der Waals surface area contributed by atoms with Gasteiger partial charge >= 0.3 is 0 Å². The van der Waals surface area contributed by atoms with Crippen LogP contribution >= 0.6 is 0 Å². The number of hydrogen-bond acceptors (Lipinski definition) is 2. The number of hydrogen-bond donors (Lipinski definition) is 1. The topological polar surface area (TPSA) is 21.3 Å². The lowest BCUT2D eigenvalue weighted by Gasteiger charge is -2.15. The number of rotatable bonds is 8. The van der Waals surface area contributed by atoms with E-state index >= 15 is 0 Å². The van der Waals surface area contributed by atoms with E-state index in [-0.39, 0.29) is 6.04 Å². The van der Waals surface area contributed by atoms with Gasteiger partial charge in [0.1, 0.15) is 0 Å². The summed E-state index contributed by atoms with van der Waals surface area (Å²) in [5.74, 6) is 0. The van der Waals surface area contributed by atoms with Crippen LogP contribution in [0.5, 0.6) is 0 Å². The maximum absolute atomic E-state index is 5.69. The second-order valence-corrected chi connectivity index (χ2v) is 6.88. The van der Waals surface area contributed by atoms with Crippen molar-refractivity contribution in [2.45, 2.75) is 19.1 Å². The molecule has 0 fully saturated rings. The molecular weight excluding hydrogens is 238 g/mol. The molecule has 1 aromatic carbocycles. The molecule has 0 saturated carbocycles. The average molecular weight is 261 g/mol. The van der Waals surface area contributed by atoms with Gasteiger partial charge in [0, 0.05) is 12.6 Å². The molecule has 0 aliphatic carbocycles. The molecule has 0 spiro atoms. The maximum Gasteiger partial charge on any atom is 0.170 e. The van der Waals surface area contributed by atoms with E-state index in [1.807, 2.05) is 24.3 Å². The average Bonchev–Trinajstić information content (AvgIpc) is 2.39. The summed E-state index contributed by atoms with van der Waals surface area (Å²) in [6.45, 7) is 9.73. The van der Waals surface area contributed by atoms with Crippen LogP contribution in [-0.4, -0.2) is 28.2 Å². The van der Waals surface area contributed by atoms with E-state index in [2.05, 4.69) is 49.3 Å². The van der Waals surface area contributed by atoms with Crippen LogP contribution in [0.4, 0.5) is 0 Å². The zero-order chi connectivity index (χ0) is 13.2. The van der Waals surface area contributed by atoms with Gasteiger partial charge in [-0.3, -0.25) is 0 Å². The van der Waals surface area contributed by atoms with Crippen LogP contribution in [0.25, 0.3) is 6.08 Å². The quantitative estimate of drug-likeness (QED) is 0.574. The predicted molar refractivity (Wildman–Crippen MR) is 82.3 cm³/mol. The van der Waals surface area contributed by atoms with E-state index in [0.717, 1.165) is 13.2 Å². The van der Waals surface area contributed by atoms with Gasteiger partial charge in [0.2, 0.25) is 0 Å². The first-order chi connectivity index (χ1) is 8.72. The van der Waals surface area contributed by atoms with E-state index < -0.39 is 9.04 Å². The third-order valence-corrected chi connectivity index (χ3v) is 3.36. The molecule has 98 valence electrons. The highest BCUT2D eigenvalue weighted by molar-refractivity contribution is 6.48. The van der Waals surface area contributed by atoms with Crippen molar-refractivity contribution in [3.63, 3.8) is 0 Å². The maximum atomic E-state index is 5.69. The van der Waals surface area contributed by atoms with Crippen molar-refractivity contribution in [1.82, 2.24) is 5.32 Å². The van der Waals surface area contributed by atoms with Crippen LogP contribution < -0.4 is 5.32 Å². The van der Waals surface area contributed by atoms with Crippen molar-refractivity contribution in [2.24, 2.45) is 0 Å². The van der Waals surface area contributed by atoms with Crippen molar-refractivity contribution >= 4 is 15.1 Å². The highest BCUT2D eigenvalue weighted by atomic mass is 28.3. The molecule has 0 saturated heterocycles. The predicted octanol–water partition coefficient (Wildman–Crippen LogP) is 2.84. The molecule has 1 aromatic rings. The van der Waals surface area contributed by atoms with Crippen LogP contribution in [-0.2, 0) is 4.43 Å². The Morgan fingerprint density at radius 3 is 2.67 bits per heavy atom. The first-order valence-electron chi connectivity index (χ1n) is 6.41. The third-order valence-electron chi connectivity index (χ3n) is 2.50. The summed E-state index contributed by atoms with van der Waals surface area (Å²) in [6, 6.07) is 10.5. The Labute approximate surface area is 112 Å². The molecule has 1 rings (SSSR count). The Morgan fingerprint density at radius 2 is 2.06 bits per heavy atom. The molecule has 0 amide bonds. The molecule has 0 aliphatic heterocycles. The molecular formula is C15H23NOSi. The van der Waals surface area contributed by atoms with Crippen molar-refractivity contribution in [2.75, 3.05) is 13.2 Å². The minimum absolute atomic E-state index is 0.236. The second kappa shape index (κ2) is 8.86. The molecule has 0 aromatic heterocycles. The Kier molecular flexibility index (Phi) is 7.33. The van der Waals surface area contributed by atoms with Crippen LogP contribution in [0.1, 0.15) is 5.56 Å². The Balaban J connectivity index is 2.27. The van der Waals surface area contributed by atoms with Crippen LogP contribution in [0.3, 0.4) is 0 Å². The zero-order valence-corrected chi connectivity index (χ0v) is 12.5. The van der Waals surface area contributed by atoms with Gasteiger partial charge in [0.05, 0.1) is 6.61 Å². The van der Waals surface area contributed by atoms with E-state index in [9.17, 15) is 0 Å². The van der Waals surface area contributed by atoms with E-state index in [4.69, 9.17) is 4.43 Å². The highest BCUT2D eigenvalue weighted by Gasteiger charge is 2.03. The van der Waals surface area contributed by atoms with Crippen molar-refractivity contribution in [3.8, 4) is 0 Å². The first-order valence-corrected chi connectivity index (χ1v) is 9.19. The number of nitrogens with one attached hydrogen (secondary N) is 1. The van der Waals surface area contributed by atoms with Gasteiger partial charge in [-0.25, -0.2) is 0 Å². The fourth-order valence-electron chi connectivity index (χ4n) is 1.48. The van der Waals surface area contributed by atoms with Crippen molar-refractivity contribution in [3.05, 3.63) is 54.6 Å². The van der Waals surface area contributed by atoms with Gasteiger partial charge in [-0.1, -0.05) is 48.6 Å². The van der Waals surface area contributed by atoms with Crippen molar-refractivity contribution in [1.29, 1.82) is 0 Å². The molecule has 3 heteroatoms. The molecule has 0 aliphatic rings. The van der Waals surface area contributed by atoms with Gasteiger partial charge in [-0.05, 0) is 18.7 Å². The summed E-state index contributed by atoms with van der Waals surface area (Å²) in [7, 11) is -0.937. The summed E-state index contributed by atoms with van der Waals surface area (Å²) >= 11 is 0. The largest absolute Gasteiger partial charge is 0.419 e. The van der Waals surface area contributed by atoms with Crippen LogP contribution in [0, 0.1) is 0 Å². The summed E-state index contributed by atoms with van der Waals surface area (Å²) in [6.07, 6.45) is 6.15. The fourth-order valence-corrected chi connectivity index (χ4v) is 2.08. The normalized spacial score (nSPS) is 13.1. The third kappa shape index (κ3) is 6.54. The monoisotopic (exact) mass is 261 g/mol. The van der Waals surface area contributed by atoms with Crippen LogP contribution in [0.15, 0.2) is 49.1 Å². The summed E-state index contributed by atoms with van der Waals surface area (Å²) in [5.41, 5.74) is 1.22. The van der Waals surface area contributed by atoms with Gasteiger partial charge in [0.15, 0.2) is 9.04 Å². The van der Waals surface area contributed by atoms with E-state index in [1.54, 1.807) is 0 Å². The molecule has 1 atom stereocenters. The molecule has 2 nitrogen and oxygen atoms in total. The van der Waals surface area contributed by atoms with Gasteiger partial charge in [-0.2, -0.15) is 0 Å². The Hall–Kier alpha value is -1.16. The minimum Gasteiger partial charge on any atom is -0.419 e. The fraction of sp³-hybridized carbons (Fsp3) is 0.333. The second-order valence-electron chi connectivity index (χ2n) is 4.45. The molecule has 0 radical (unpaired) electrons. The summed E-state index contributed by atoms with van der Waals surface area (Å²) < 4.78 is 5.69. The standard InChI is InChI=1S/C15H23NOSi/c1-4-15(13-17-18(2)3)16-12-8-11-14-9-6-5-7-10-14/h4-11,15-16,18H,1,12-13H2,2-3H3. The summed E-state index contributed by atoms with van der Waals surface area (Å²) in [4.78, 5) is 0. The van der Waals surface area contributed by atoms with E-state index in [0.29, 0.717) is 0 Å². The van der Waals surface area contributed by atoms with Crippen molar-refractivity contribution < 1.29 is 4.43 Å². The molecule has 0 heterocycles. The van der Waals surface area contributed by atoms with Crippen LogP contribution in [0.2, 0.25) is 13.1 Å². The summed E-state index contributed by atoms with van der Waals surface area (Å²) in [5, 5.41) is 3.39.